The van der Waals surface area contributed by atoms with Gasteiger partial charge in [0.05, 0.1) is 22.2 Å². The Morgan fingerprint density at radius 1 is 0.914 bits per heavy atom. The minimum Gasteiger partial charge on any atom is -0.371 e. The first-order chi connectivity index (χ1) is 28.0. The molecule has 4 amide bonds. The summed E-state index contributed by atoms with van der Waals surface area (Å²) in [4.78, 5) is 71.0. The van der Waals surface area contributed by atoms with Gasteiger partial charge in [0.15, 0.2) is 10.9 Å². The standard InChI is InChI=1S/C42H47ClFN9O4S/c1-42(11-14-50(15-12-42)30-7-5-28(6-8-30)32-9-10-36(54)48-38(32)55)40(57)53-22-20-51(21-23-53)31-25-29(46-35(26-31)47-41-45-13-24-58-41)27-49-16-18-52(19-17-49)39(56)33-3-2-4-34(43)37(33)44/h2-8,13,24-26,32H,9-12,14-23,27H2,1H3,(H,45,46,47)(H,48,54,55)/t32-/m0/s1. The summed E-state index contributed by atoms with van der Waals surface area (Å²) in [6.45, 7) is 8.97. The van der Waals surface area contributed by atoms with Crippen molar-refractivity contribution < 1.29 is 23.6 Å². The lowest BCUT2D eigenvalue weighted by molar-refractivity contribution is -0.142. The van der Waals surface area contributed by atoms with E-state index in [4.69, 9.17) is 16.6 Å². The molecule has 16 heteroatoms. The van der Waals surface area contributed by atoms with E-state index in [0.717, 1.165) is 53.7 Å². The van der Waals surface area contributed by atoms with Crippen molar-refractivity contribution in [1.29, 1.82) is 0 Å². The lowest BCUT2D eigenvalue weighted by atomic mass is 9.78. The van der Waals surface area contributed by atoms with E-state index in [1.54, 1.807) is 17.2 Å². The van der Waals surface area contributed by atoms with Gasteiger partial charge in [-0.2, -0.15) is 0 Å². The number of hydrogen-bond acceptors (Lipinski definition) is 11. The van der Waals surface area contributed by atoms with Crippen LogP contribution in [0.25, 0.3) is 0 Å². The number of anilines is 4. The van der Waals surface area contributed by atoms with Crippen molar-refractivity contribution in [3.63, 3.8) is 0 Å². The van der Waals surface area contributed by atoms with Gasteiger partial charge in [0.2, 0.25) is 17.7 Å². The third-order valence-corrected chi connectivity index (χ3v) is 13.0. The molecular formula is C42H47ClFN9O4S. The molecule has 0 radical (unpaired) electrons. The fraction of sp³-hybridized carbons (Fsp3) is 0.429. The largest absolute Gasteiger partial charge is 0.371 e. The first-order valence-electron chi connectivity index (χ1n) is 19.9. The van der Waals surface area contributed by atoms with E-state index < -0.39 is 11.2 Å². The number of nitrogens with one attached hydrogen (secondary N) is 2. The maximum atomic E-state index is 14.6. The van der Waals surface area contributed by atoms with Crippen LogP contribution in [0.5, 0.6) is 0 Å². The average Bonchev–Trinajstić information content (AvgIpc) is 3.75. The number of imide groups is 1. The Morgan fingerprint density at radius 2 is 1.62 bits per heavy atom. The Balaban J connectivity index is 0.866. The Bertz CT molecular complexity index is 2150. The van der Waals surface area contributed by atoms with Gasteiger partial charge in [-0.3, -0.25) is 29.4 Å². The number of carbonyl (C=O) groups is 4. The summed E-state index contributed by atoms with van der Waals surface area (Å²) < 4.78 is 14.6. The first-order valence-corrected chi connectivity index (χ1v) is 21.1. The third-order valence-electron chi connectivity index (χ3n) is 12.0. The number of benzene rings is 2. The third kappa shape index (κ3) is 8.66. The first kappa shape index (κ1) is 39.7. The zero-order chi connectivity index (χ0) is 40.4. The Labute approximate surface area is 346 Å². The number of piperidine rings is 2. The number of thiazole rings is 1. The number of rotatable bonds is 9. The number of carbonyl (C=O) groups excluding carboxylic acids is 4. The van der Waals surface area contributed by atoms with Crippen LogP contribution in [0.2, 0.25) is 5.02 Å². The molecule has 0 bridgehead atoms. The SMILES string of the molecule is CC1(C(=O)N2CCN(c3cc(CN4CCN(C(=O)c5cccc(Cl)c5F)CC4)nc(Nc4nccs4)c3)CC2)CCN(c2ccc([C@@H]3CCC(=O)NC3=O)cc2)CC1. The van der Waals surface area contributed by atoms with Crippen LogP contribution in [0.3, 0.4) is 0 Å². The van der Waals surface area contributed by atoms with Crippen LogP contribution in [0, 0.1) is 11.2 Å². The van der Waals surface area contributed by atoms with E-state index in [0.29, 0.717) is 77.6 Å². The second kappa shape index (κ2) is 17.0. The Kier molecular flexibility index (Phi) is 11.6. The highest BCUT2D eigenvalue weighted by Crippen LogP contribution is 2.36. The average molecular weight is 828 g/mol. The van der Waals surface area contributed by atoms with Crippen molar-refractivity contribution in [2.45, 2.75) is 45.1 Å². The molecule has 6 heterocycles. The molecule has 0 spiro atoms. The molecule has 4 aliphatic heterocycles. The lowest BCUT2D eigenvalue weighted by Gasteiger charge is -2.44. The van der Waals surface area contributed by atoms with Crippen LogP contribution in [0.4, 0.5) is 26.7 Å². The monoisotopic (exact) mass is 827 g/mol. The van der Waals surface area contributed by atoms with Gasteiger partial charge < -0.3 is 24.9 Å². The number of aromatic nitrogens is 2. The molecule has 8 rings (SSSR count). The zero-order valence-corrected chi connectivity index (χ0v) is 34.0. The summed E-state index contributed by atoms with van der Waals surface area (Å²) in [6, 6.07) is 16.7. The molecule has 13 nitrogen and oxygen atoms in total. The van der Waals surface area contributed by atoms with E-state index in [2.05, 4.69) is 43.3 Å². The van der Waals surface area contributed by atoms with Crippen molar-refractivity contribution >= 4 is 68.9 Å². The molecule has 2 aromatic carbocycles. The molecule has 2 N–H and O–H groups in total. The fourth-order valence-electron chi connectivity index (χ4n) is 8.42. The summed E-state index contributed by atoms with van der Waals surface area (Å²) in [5.74, 6) is -0.901. The van der Waals surface area contributed by atoms with Crippen LogP contribution < -0.4 is 20.4 Å². The molecule has 0 saturated carbocycles. The molecule has 4 saturated heterocycles. The van der Waals surface area contributed by atoms with Gasteiger partial charge in [0.1, 0.15) is 5.82 Å². The van der Waals surface area contributed by atoms with E-state index in [1.807, 2.05) is 40.6 Å². The van der Waals surface area contributed by atoms with Crippen LogP contribution >= 0.6 is 22.9 Å². The summed E-state index contributed by atoms with van der Waals surface area (Å²) in [6.07, 6.45) is 4.13. The predicted octanol–water partition coefficient (Wildman–Crippen LogP) is 5.51. The molecule has 4 aliphatic rings. The molecule has 0 unspecified atom stereocenters. The van der Waals surface area contributed by atoms with Crippen molar-refractivity contribution in [3.05, 3.63) is 93.8 Å². The highest BCUT2D eigenvalue weighted by atomic mass is 35.5. The van der Waals surface area contributed by atoms with E-state index >= 15 is 0 Å². The predicted molar refractivity (Wildman–Crippen MR) is 222 cm³/mol. The van der Waals surface area contributed by atoms with Gasteiger partial charge in [-0.15, -0.1) is 11.3 Å². The number of nitrogens with zero attached hydrogens (tertiary/aromatic N) is 7. The smallest absolute Gasteiger partial charge is 0.256 e. The van der Waals surface area contributed by atoms with Crippen molar-refractivity contribution in [2.75, 3.05) is 80.6 Å². The summed E-state index contributed by atoms with van der Waals surface area (Å²) >= 11 is 7.43. The minimum absolute atomic E-state index is 0.0118. The molecule has 4 aromatic rings. The highest BCUT2D eigenvalue weighted by Gasteiger charge is 2.40. The summed E-state index contributed by atoms with van der Waals surface area (Å²) in [5, 5.41) is 8.39. The quantitative estimate of drug-likeness (QED) is 0.208. The maximum Gasteiger partial charge on any atom is 0.256 e. The molecule has 4 fully saturated rings. The topological polar surface area (TPSA) is 134 Å². The number of piperazine rings is 2. The second-order valence-corrected chi connectivity index (χ2v) is 17.1. The molecule has 2 aromatic heterocycles. The Hall–Kier alpha value is -5.12. The van der Waals surface area contributed by atoms with E-state index in [9.17, 15) is 23.6 Å². The summed E-state index contributed by atoms with van der Waals surface area (Å²) in [5.41, 5.74) is 3.42. The molecule has 0 aliphatic carbocycles. The van der Waals surface area contributed by atoms with Gasteiger partial charge in [0.25, 0.3) is 5.91 Å². The van der Waals surface area contributed by atoms with Crippen LogP contribution in [0.15, 0.2) is 66.2 Å². The highest BCUT2D eigenvalue weighted by molar-refractivity contribution is 7.13. The van der Waals surface area contributed by atoms with Gasteiger partial charge in [-0.05, 0) is 55.2 Å². The van der Waals surface area contributed by atoms with Gasteiger partial charge in [0, 0.05) is 113 Å². The normalized spacial score (nSPS) is 20.2. The number of halogens is 2. The molecule has 304 valence electrons. The number of amides is 4. The van der Waals surface area contributed by atoms with E-state index in [-0.39, 0.29) is 40.1 Å². The number of pyridine rings is 1. The summed E-state index contributed by atoms with van der Waals surface area (Å²) in [7, 11) is 0. The van der Waals surface area contributed by atoms with Crippen LogP contribution in [-0.4, -0.2) is 114 Å². The van der Waals surface area contributed by atoms with Gasteiger partial charge in [-0.1, -0.05) is 36.7 Å². The van der Waals surface area contributed by atoms with Crippen LogP contribution in [-0.2, 0) is 20.9 Å². The zero-order valence-electron chi connectivity index (χ0n) is 32.5. The molecule has 1 atom stereocenters. The lowest BCUT2D eigenvalue weighted by Crippen LogP contribution is -2.55. The van der Waals surface area contributed by atoms with Crippen molar-refractivity contribution in [2.24, 2.45) is 5.41 Å². The maximum absolute atomic E-state index is 14.6. The minimum atomic E-state index is -0.688. The number of hydrogen-bond donors (Lipinski definition) is 2. The molecule has 58 heavy (non-hydrogen) atoms. The second-order valence-electron chi connectivity index (χ2n) is 15.8. The van der Waals surface area contributed by atoms with Crippen molar-refractivity contribution in [3.8, 4) is 0 Å². The van der Waals surface area contributed by atoms with Crippen molar-refractivity contribution in [1.82, 2.24) is 30.0 Å². The van der Waals surface area contributed by atoms with Crippen LogP contribution in [0.1, 0.15) is 60.1 Å². The molecular weight excluding hydrogens is 781 g/mol. The van der Waals surface area contributed by atoms with Gasteiger partial charge in [-0.25, -0.2) is 14.4 Å². The van der Waals surface area contributed by atoms with Gasteiger partial charge >= 0.3 is 0 Å². The fourth-order valence-corrected chi connectivity index (χ4v) is 9.13. The Morgan fingerprint density at radius 3 is 2.31 bits per heavy atom. The van der Waals surface area contributed by atoms with E-state index in [1.165, 1.54) is 23.5 Å².